The van der Waals surface area contributed by atoms with Crippen LogP contribution in [0.25, 0.3) is 0 Å². The molecule has 0 saturated heterocycles. The first kappa shape index (κ1) is 21.4. The van der Waals surface area contributed by atoms with Crippen molar-refractivity contribution in [1.29, 1.82) is 0 Å². The van der Waals surface area contributed by atoms with Gasteiger partial charge in [0.2, 0.25) is 5.94 Å². The van der Waals surface area contributed by atoms with Gasteiger partial charge in [-0.25, -0.2) is 8.42 Å². The van der Waals surface area contributed by atoms with Gasteiger partial charge in [0.15, 0.2) is 0 Å². The summed E-state index contributed by atoms with van der Waals surface area (Å²) in [6.07, 6.45) is -0.759. The predicted molar refractivity (Wildman–Crippen MR) is 97.5 cm³/mol. The number of aliphatic hydroxyl groups is 1. The first-order valence-electron chi connectivity index (χ1n) is 8.10. The lowest BCUT2D eigenvalue weighted by molar-refractivity contribution is -0.150. The average Bonchev–Trinajstić information content (AvgIpc) is 2.49. The number of esters is 1. The molecule has 142 valence electrons. The zero-order chi connectivity index (χ0) is 19.3. The molecule has 8 heteroatoms. The highest BCUT2D eigenvalue weighted by Crippen LogP contribution is 2.19. The second kappa shape index (κ2) is 8.64. The third-order valence-corrected chi connectivity index (χ3v) is 4.20. The van der Waals surface area contributed by atoms with E-state index in [-0.39, 0.29) is 6.04 Å². The molecule has 0 aliphatic carbocycles. The Bertz CT molecular complexity index is 681. The molecule has 1 rings (SSSR count). The second-order valence-electron chi connectivity index (χ2n) is 7.22. The maximum Gasteiger partial charge on any atom is 0.312 e. The van der Waals surface area contributed by atoms with Crippen molar-refractivity contribution >= 4 is 21.7 Å². The van der Waals surface area contributed by atoms with Crippen molar-refractivity contribution in [2.75, 3.05) is 17.2 Å². The van der Waals surface area contributed by atoms with E-state index in [9.17, 15) is 18.3 Å². The molecule has 0 bridgehead atoms. The highest BCUT2D eigenvalue weighted by molar-refractivity contribution is 7.92. The molecule has 0 spiro atoms. The molecule has 1 aromatic carbocycles. The van der Waals surface area contributed by atoms with Crippen molar-refractivity contribution in [1.82, 2.24) is 5.32 Å². The molecule has 1 atom stereocenters. The van der Waals surface area contributed by atoms with Gasteiger partial charge in [0.05, 0.1) is 11.5 Å². The van der Waals surface area contributed by atoms with Crippen LogP contribution >= 0.6 is 0 Å². The Morgan fingerprint density at radius 3 is 2.48 bits per heavy atom. The molecular weight excluding hydrogens is 344 g/mol. The first-order chi connectivity index (χ1) is 11.4. The number of nitrogens with one attached hydrogen (secondary N) is 2. The largest absolute Gasteiger partial charge is 0.447 e. The molecule has 0 amide bonds. The fraction of sp³-hybridized carbons (Fsp3) is 0.588. The molecule has 0 aliphatic heterocycles. The highest BCUT2D eigenvalue weighted by atomic mass is 32.2. The Balaban J connectivity index is 2.72. The van der Waals surface area contributed by atoms with Gasteiger partial charge in [-0.1, -0.05) is 26.0 Å². The van der Waals surface area contributed by atoms with Crippen LogP contribution in [0.3, 0.4) is 0 Å². The summed E-state index contributed by atoms with van der Waals surface area (Å²) in [5, 5.41) is 13.3. The van der Waals surface area contributed by atoms with Gasteiger partial charge in [0, 0.05) is 18.3 Å². The zero-order valence-electron chi connectivity index (χ0n) is 15.4. The topological polar surface area (TPSA) is 105 Å². The molecule has 3 N–H and O–H groups in total. The lowest BCUT2D eigenvalue weighted by atomic mass is 9.98. The van der Waals surface area contributed by atoms with Crippen LogP contribution < -0.4 is 10.0 Å². The molecule has 1 aromatic rings. The fourth-order valence-corrected chi connectivity index (χ4v) is 2.64. The van der Waals surface area contributed by atoms with Gasteiger partial charge in [-0.3, -0.25) is 9.52 Å². The zero-order valence-corrected chi connectivity index (χ0v) is 16.2. The SMILES string of the molecule is CC(C)NCC(O)c1cccc(NS(=O)(=O)COC(=O)C(C)(C)C)c1. The minimum Gasteiger partial charge on any atom is -0.447 e. The minimum absolute atomic E-state index is 0.230. The van der Waals surface area contributed by atoms with Gasteiger partial charge < -0.3 is 15.2 Å². The van der Waals surface area contributed by atoms with Crippen molar-refractivity contribution in [2.24, 2.45) is 5.41 Å². The molecule has 7 nitrogen and oxygen atoms in total. The van der Waals surface area contributed by atoms with Crippen LogP contribution in [0, 0.1) is 5.41 Å². The van der Waals surface area contributed by atoms with Crippen molar-refractivity contribution in [3.8, 4) is 0 Å². The van der Waals surface area contributed by atoms with Crippen molar-refractivity contribution in [3.63, 3.8) is 0 Å². The van der Waals surface area contributed by atoms with Crippen LogP contribution in [-0.2, 0) is 19.6 Å². The van der Waals surface area contributed by atoms with E-state index in [1.165, 1.54) is 0 Å². The third kappa shape index (κ3) is 7.85. The van der Waals surface area contributed by atoms with Gasteiger partial charge in [-0.2, -0.15) is 0 Å². The first-order valence-corrected chi connectivity index (χ1v) is 9.75. The van der Waals surface area contributed by atoms with Gasteiger partial charge in [0.25, 0.3) is 10.0 Å². The molecule has 0 fully saturated rings. The van der Waals surface area contributed by atoms with E-state index in [1.54, 1.807) is 45.0 Å². The molecule has 0 aromatic heterocycles. The van der Waals surface area contributed by atoms with Crippen LogP contribution in [0.4, 0.5) is 5.69 Å². The summed E-state index contributed by atoms with van der Waals surface area (Å²) < 4.78 is 31.3. The van der Waals surface area contributed by atoms with Crippen molar-refractivity contribution < 1.29 is 23.1 Å². The predicted octanol–water partition coefficient (Wildman–Crippen LogP) is 2.01. The molecule has 25 heavy (non-hydrogen) atoms. The second-order valence-corrected chi connectivity index (χ2v) is 8.89. The van der Waals surface area contributed by atoms with Crippen molar-refractivity contribution in [3.05, 3.63) is 29.8 Å². The Morgan fingerprint density at radius 1 is 1.28 bits per heavy atom. The number of carbonyl (C=O) groups excluding carboxylic acids is 1. The summed E-state index contributed by atoms with van der Waals surface area (Å²) in [5.74, 6) is -1.35. The lowest BCUT2D eigenvalue weighted by Crippen LogP contribution is -2.28. The number of anilines is 1. The highest BCUT2D eigenvalue weighted by Gasteiger charge is 2.25. The number of sulfonamides is 1. The summed E-state index contributed by atoms with van der Waals surface area (Å²) in [5.41, 5.74) is 0.108. The number of rotatable bonds is 8. The molecule has 0 heterocycles. The molecular formula is C17H28N2O5S. The summed E-state index contributed by atoms with van der Waals surface area (Å²) in [6.45, 7) is 9.23. The number of benzene rings is 1. The van der Waals surface area contributed by atoms with Crippen LogP contribution in [0.5, 0.6) is 0 Å². The molecule has 1 unspecified atom stereocenters. The normalized spacial score (nSPS) is 13.6. The maximum atomic E-state index is 12.1. The molecule has 0 radical (unpaired) electrons. The van der Waals surface area contributed by atoms with E-state index in [2.05, 4.69) is 10.0 Å². The number of hydrogen-bond donors (Lipinski definition) is 3. The number of aliphatic hydroxyl groups excluding tert-OH is 1. The fourth-order valence-electron chi connectivity index (χ4n) is 1.83. The Labute approximate surface area is 149 Å². The van der Waals surface area contributed by atoms with Crippen LogP contribution in [0.2, 0.25) is 0 Å². The monoisotopic (exact) mass is 372 g/mol. The van der Waals surface area contributed by atoms with Gasteiger partial charge in [0.1, 0.15) is 0 Å². The summed E-state index contributed by atoms with van der Waals surface area (Å²) in [4.78, 5) is 11.7. The average molecular weight is 372 g/mol. The van der Waals surface area contributed by atoms with Crippen molar-refractivity contribution in [2.45, 2.75) is 46.8 Å². The molecule has 0 saturated carbocycles. The number of ether oxygens (including phenoxy) is 1. The van der Waals surface area contributed by atoms with Gasteiger partial charge in [-0.05, 0) is 38.5 Å². The lowest BCUT2D eigenvalue weighted by Gasteiger charge is -2.17. The summed E-state index contributed by atoms with van der Waals surface area (Å²) >= 11 is 0. The van der Waals surface area contributed by atoms with E-state index in [0.29, 0.717) is 17.8 Å². The smallest absolute Gasteiger partial charge is 0.312 e. The van der Waals surface area contributed by atoms with E-state index in [0.717, 1.165) is 0 Å². The Hall–Kier alpha value is -1.64. The maximum absolute atomic E-state index is 12.1. The van der Waals surface area contributed by atoms with Gasteiger partial charge >= 0.3 is 5.97 Å². The van der Waals surface area contributed by atoms with Crippen LogP contribution in [0.1, 0.15) is 46.3 Å². The quantitative estimate of drug-likeness (QED) is 0.603. The van der Waals surface area contributed by atoms with Crippen LogP contribution in [-0.4, -0.2) is 38.0 Å². The summed E-state index contributed by atoms with van der Waals surface area (Å²) in [6, 6.07) is 6.70. The standard InChI is InChI=1S/C17H28N2O5S/c1-12(2)18-10-15(20)13-7-6-8-14(9-13)19-25(22,23)11-24-16(21)17(3,4)5/h6-9,12,15,18-20H,10-11H2,1-5H3. The minimum atomic E-state index is -3.85. The molecule has 0 aliphatic rings. The Morgan fingerprint density at radius 2 is 1.92 bits per heavy atom. The van der Waals surface area contributed by atoms with E-state index in [1.807, 2.05) is 13.8 Å². The third-order valence-electron chi connectivity index (χ3n) is 3.22. The number of carbonyl (C=O) groups is 1. The van der Waals surface area contributed by atoms with Crippen LogP contribution in [0.15, 0.2) is 24.3 Å². The number of hydrogen-bond acceptors (Lipinski definition) is 6. The van der Waals surface area contributed by atoms with E-state index >= 15 is 0 Å². The summed E-state index contributed by atoms with van der Waals surface area (Å²) in [7, 11) is -3.85. The van der Waals surface area contributed by atoms with Gasteiger partial charge in [-0.15, -0.1) is 0 Å². The Kier molecular flexibility index (Phi) is 7.40. The van der Waals surface area contributed by atoms with E-state index in [4.69, 9.17) is 4.74 Å². The van der Waals surface area contributed by atoms with E-state index < -0.39 is 33.5 Å².